The predicted molar refractivity (Wildman–Crippen MR) is 28.9 cm³/mol. The highest BCUT2D eigenvalue weighted by atomic mass is 79.9. The van der Waals surface area contributed by atoms with E-state index in [2.05, 4.69) is 25.7 Å². The van der Waals surface area contributed by atoms with E-state index in [1.165, 1.54) is 0 Å². The fraction of sp³-hybridized carbons (Fsp3) is 0.500. The van der Waals surface area contributed by atoms with Crippen LogP contribution in [0.5, 0.6) is 0 Å². The molecule has 0 unspecified atom stereocenters. The van der Waals surface area contributed by atoms with Crippen LogP contribution in [0.1, 0.15) is 0 Å². The molecule has 0 N–H and O–H groups in total. The summed E-state index contributed by atoms with van der Waals surface area (Å²) >= 11 is 3.25. The second kappa shape index (κ2) is 2.33. The first-order valence-electron chi connectivity index (χ1n) is 1.95. The Morgan fingerprint density at radius 2 is 2.71 bits per heavy atom. The number of halogens is 1. The van der Waals surface area contributed by atoms with E-state index in [1.54, 1.807) is 6.26 Å². The molecule has 0 aliphatic carbocycles. The van der Waals surface area contributed by atoms with Crippen molar-refractivity contribution in [2.24, 2.45) is 0 Å². The molecule has 0 fully saturated rings. The third kappa shape index (κ3) is 1.17. The van der Waals surface area contributed by atoms with Crippen LogP contribution in [0, 0.1) is 0 Å². The van der Waals surface area contributed by atoms with Gasteiger partial charge in [0.1, 0.15) is 12.9 Å². The van der Waals surface area contributed by atoms with Crippen LogP contribution >= 0.6 is 15.9 Å². The van der Waals surface area contributed by atoms with Crippen molar-refractivity contribution in [3.05, 3.63) is 11.8 Å². The highest BCUT2D eigenvalue weighted by Crippen LogP contribution is 2.07. The van der Waals surface area contributed by atoms with Gasteiger partial charge in [-0.3, -0.25) is 0 Å². The summed E-state index contributed by atoms with van der Waals surface area (Å²) in [7, 11) is 0. The Morgan fingerprint density at radius 3 is 3.00 bits per heavy atom. The summed E-state index contributed by atoms with van der Waals surface area (Å²) in [6, 6.07) is 0. The van der Waals surface area contributed by atoms with Crippen molar-refractivity contribution >= 4 is 15.9 Å². The minimum atomic E-state index is 0.602. The predicted octanol–water partition coefficient (Wildman–Crippen LogP) is 1.23. The van der Waals surface area contributed by atoms with Gasteiger partial charge in [-0.05, 0) is 0 Å². The first kappa shape index (κ1) is 5.12. The number of rotatable bonds is 1. The summed E-state index contributed by atoms with van der Waals surface area (Å²) in [6.45, 7) is 0.602. The minimum absolute atomic E-state index is 0.602. The average Bonchev–Trinajstić information content (AvgIpc) is 2.14. The van der Waals surface area contributed by atoms with Crippen molar-refractivity contribution in [1.29, 1.82) is 0 Å². The Balaban J connectivity index is 2.36. The van der Waals surface area contributed by atoms with Gasteiger partial charge in [0, 0.05) is 10.9 Å². The van der Waals surface area contributed by atoms with E-state index in [4.69, 9.17) is 0 Å². The summed E-state index contributed by atoms with van der Waals surface area (Å²) in [4.78, 5) is 8.98. The third-order valence-corrected chi connectivity index (χ3v) is 1.42. The van der Waals surface area contributed by atoms with Crippen molar-refractivity contribution in [2.75, 3.05) is 11.9 Å². The Morgan fingerprint density at radius 1 is 1.86 bits per heavy atom. The summed E-state index contributed by atoms with van der Waals surface area (Å²) in [5.74, 6) is 0. The van der Waals surface area contributed by atoms with Crippen molar-refractivity contribution in [3.63, 3.8) is 0 Å². The maximum Gasteiger partial charge on any atom is 0.132 e. The van der Waals surface area contributed by atoms with Crippen molar-refractivity contribution in [3.8, 4) is 0 Å². The quantitative estimate of drug-likeness (QED) is 0.429. The Hall–Kier alpha value is -0.0200. The first-order valence-corrected chi connectivity index (χ1v) is 3.08. The lowest BCUT2D eigenvalue weighted by Gasteiger charge is -1.83. The molecule has 0 radical (unpaired) electrons. The smallest absolute Gasteiger partial charge is 0.132 e. The fourth-order valence-electron chi connectivity index (χ4n) is 0.316. The van der Waals surface area contributed by atoms with Gasteiger partial charge in [0.15, 0.2) is 0 Å². The lowest BCUT2D eigenvalue weighted by Crippen LogP contribution is -1.85. The van der Waals surface area contributed by atoms with Gasteiger partial charge in [0.2, 0.25) is 0 Å². The number of hydrogen-bond donors (Lipinski definition) is 0. The van der Waals surface area contributed by atoms with E-state index in [0.29, 0.717) is 6.61 Å². The minimum Gasteiger partial charge on any atom is -0.345 e. The Bertz CT molecular complexity index is 89.7. The molecule has 0 amide bonds. The van der Waals surface area contributed by atoms with Crippen LogP contribution in [-0.4, -0.2) is 11.9 Å². The second-order valence-electron chi connectivity index (χ2n) is 1.27. The van der Waals surface area contributed by atoms with Gasteiger partial charge < -0.3 is 4.89 Å². The highest BCUT2D eigenvalue weighted by molar-refractivity contribution is 9.09. The molecule has 0 saturated carbocycles. The van der Waals surface area contributed by atoms with Gasteiger partial charge in [-0.25, -0.2) is 0 Å². The second-order valence-corrected chi connectivity index (χ2v) is 1.83. The Kier molecular flexibility index (Phi) is 1.70. The maximum atomic E-state index is 4.53. The zero-order valence-electron chi connectivity index (χ0n) is 3.69. The molecule has 2 nitrogen and oxygen atoms in total. The number of hydrogen-bond acceptors (Lipinski definition) is 2. The first-order chi connectivity index (χ1) is 3.43. The summed E-state index contributed by atoms with van der Waals surface area (Å²) < 4.78 is 0. The lowest BCUT2D eigenvalue weighted by molar-refractivity contribution is -0.221. The molecule has 1 heterocycles. The van der Waals surface area contributed by atoms with E-state index in [9.17, 15) is 0 Å². The molecule has 0 aromatic carbocycles. The molecule has 0 aromatic heterocycles. The van der Waals surface area contributed by atoms with Crippen LogP contribution < -0.4 is 0 Å². The fourth-order valence-corrected chi connectivity index (χ4v) is 0.610. The van der Waals surface area contributed by atoms with E-state index >= 15 is 0 Å². The molecular formula is C4H5BrO2. The molecule has 3 heteroatoms. The molecule has 0 aromatic rings. The van der Waals surface area contributed by atoms with Crippen molar-refractivity contribution in [2.45, 2.75) is 0 Å². The highest BCUT2D eigenvalue weighted by Gasteiger charge is 2.02. The average molecular weight is 165 g/mol. The molecule has 1 aliphatic heterocycles. The van der Waals surface area contributed by atoms with Crippen LogP contribution in [0.3, 0.4) is 0 Å². The van der Waals surface area contributed by atoms with Crippen LogP contribution in [0.2, 0.25) is 0 Å². The van der Waals surface area contributed by atoms with Crippen molar-refractivity contribution < 1.29 is 9.78 Å². The molecule has 40 valence electrons. The Labute approximate surface area is 50.2 Å². The van der Waals surface area contributed by atoms with Crippen LogP contribution in [0.4, 0.5) is 0 Å². The van der Waals surface area contributed by atoms with E-state index < -0.39 is 0 Å². The van der Waals surface area contributed by atoms with Crippen LogP contribution in [-0.2, 0) is 9.78 Å². The van der Waals surface area contributed by atoms with Crippen molar-refractivity contribution in [1.82, 2.24) is 0 Å². The standard InChI is InChI=1S/C4H5BrO2/c5-1-4-2-6-7-3-4/h2H,1,3H2. The summed E-state index contributed by atoms with van der Waals surface area (Å²) in [5.41, 5.74) is 1.14. The molecule has 1 aliphatic rings. The van der Waals surface area contributed by atoms with Gasteiger partial charge in [-0.1, -0.05) is 15.9 Å². The SMILES string of the molecule is BrCC1=COOC1. The monoisotopic (exact) mass is 164 g/mol. The molecule has 1 rings (SSSR count). The topological polar surface area (TPSA) is 18.5 Å². The van der Waals surface area contributed by atoms with E-state index in [1.807, 2.05) is 0 Å². The largest absolute Gasteiger partial charge is 0.345 e. The maximum absolute atomic E-state index is 4.53. The molecule has 0 saturated heterocycles. The van der Waals surface area contributed by atoms with Gasteiger partial charge in [-0.2, -0.15) is 4.89 Å². The van der Waals surface area contributed by atoms with Crippen LogP contribution in [0.15, 0.2) is 11.8 Å². The molecular weight excluding hydrogens is 160 g/mol. The lowest BCUT2D eigenvalue weighted by atomic mass is 10.4. The normalized spacial score (nSPS) is 18.7. The molecule has 0 bridgehead atoms. The summed E-state index contributed by atoms with van der Waals surface area (Å²) in [5, 5.41) is 0.840. The van der Waals surface area contributed by atoms with Gasteiger partial charge in [0.25, 0.3) is 0 Å². The van der Waals surface area contributed by atoms with Gasteiger partial charge >= 0.3 is 0 Å². The van der Waals surface area contributed by atoms with E-state index in [0.717, 1.165) is 10.9 Å². The van der Waals surface area contributed by atoms with E-state index in [-0.39, 0.29) is 0 Å². The van der Waals surface area contributed by atoms with Gasteiger partial charge in [-0.15, -0.1) is 0 Å². The van der Waals surface area contributed by atoms with Gasteiger partial charge in [0.05, 0.1) is 0 Å². The third-order valence-electron chi connectivity index (χ3n) is 0.699. The zero-order chi connectivity index (χ0) is 5.11. The molecule has 0 atom stereocenters. The van der Waals surface area contributed by atoms with Crippen LogP contribution in [0.25, 0.3) is 0 Å². The number of alkyl halides is 1. The molecule has 0 spiro atoms. The summed E-state index contributed by atoms with van der Waals surface area (Å²) in [6.07, 6.45) is 1.61. The zero-order valence-corrected chi connectivity index (χ0v) is 5.27. The molecule has 7 heavy (non-hydrogen) atoms.